The van der Waals surface area contributed by atoms with Crippen LogP contribution >= 0.6 is 0 Å². The Kier molecular flexibility index (Phi) is 3.89. The van der Waals surface area contributed by atoms with Crippen molar-refractivity contribution >= 4 is 17.4 Å². The number of ketones is 1. The molecule has 1 fully saturated rings. The van der Waals surface area contributed by atoms with Gasteiger partial charge in [-0.2, -0.15) is 0 Å². The summed E-state index contributed by atoms with van der Waals surface area (Å²) in [4.78, 5) is 34.5. The highest BCUT2D eigenvalue weighted by Gasteiger charge is 2.53. The Morgan fingerprint density at radius 1 is 1.04 bits per heavy atom. The van der Waals surface area contributed by atoms with Crippen molar-refractivity contribution in [2.45, 2.75) is 12.5 Å². The molecule has 0 heterocycles. The molecule has 1 aliphatic carbocycles. The molecule has 3 rings (SSSR count). The summed E-state index contributed by atoms with van der Waals surface area (Å²) in [6, 6.07) is 14.6. The fourth-order valence-corrected chi connectivity index (χ4v) is 2.43. The lowest BCUT2D eigenvalue weighted by atomic mass is 10.0. The van der Waals surface area contributed by atoms with Crippen molar-refractivity contribution in [2.24, 2.45) is 5.92 Å². The number of rotatable bonds is 5. The monoisotopic (exact) mass is 310 g/mol. The number of anilines is 1. The zero-order valence-corrected chi connectivity index (χ0v) is 12.1. The number of carbonyl (C=O) groups is 2. The third kappa shape index (κ3) is 3.26. The van der Waals surface area contributed by atoms with Gasteiger partial charge in [0.1, 0.15) is 5.92 Å². The second-order valence-corrected chi connectivity index (χ2v) is 5.46. The maximum atomic E-state index is 12.4. The summed E-state index contributed by atoms with van der Waals surface area (Å²) in [6.45, 7) is 0. The Labute approximate surface area is 132 Å². The molecular weight excluding hydrogens is 296 g/mol. The summed E-state index contributed by atoms with van der Waals surface area (Å²) in [5, 5.41) is 13.2. The first-order valence-corrected chi connectivity index (χ1v) is 7.20. The van der Waals surface area contributed by atoms with E-state index in [-0.39, 0.29) is 18.1 Å². The number of hydrogen-bond acceptors (Lipinski definition) is 4. The van der Waals surface area contributed by atoms with E-state index in [0.29, 0.717) is 16.8 Å². The average Bonchev–Trinajstić information content (AvgIpc) is 3.36. The maximum absolute atomic E-state index is 12.4. The fourth-order valence-electron chi connectivity index (χ4n) is 2.43. The largest absolute Gasteiger partial charge is 0.326 e. The van der Waals surface area contributed by atoms with Gasteiger partial charge in [-0.1, -0.05) is 42.5 Å². The molecule has 23 heavy (non-hydrogen) atoms. The van der Waals surface area contributed by atoms with Crippen LogP contribution in [-0.2, 0) is 4.79 Å². The molecular formula is C17H14N2O4. The lowest BCUT2D eigenvalue weighted by Gasteiger charge is -2.06. The van der Waals surface area contributed by atoms with E-state index >= 15 is 0 Å². The number of hydrogen-bond donors (Lipinski definition) is 1. The minimum absolute atomic E-state index is 0.142. The number of nitrogens with one attached hydrogen (secondary N) is 1. The molecule has 1 N–H and O–H groups in total. The van der Waals surface area contributed by atoms with Gasteiger partial charge in [0.05, 0.1) is 0 Å². The van der Waals surface area contributed by atoms with Crippen LogP contribution in [0.25, 0.3) is 0 Å². The Morgan fingerprint density at radius 3 is 2.39 bits per heavy atom. The van der Waals surface area contributed by atoms with Gasteiger partial charge in [-0.25, -0.2) is 0 Å². The normalized spacial score (nSPS) is 19.0. The highest BCUT2D eigenvalue weighted by Crippen LogP contribution is 2.34. The van der Waals surface area contributed by atoms with Crippen molar-refractivity contribution in [3.05, 3.63) is 75.8 Å². The van der Waals surface area contributed by atoms with Crippen LogP contribution in [0.3, 0.4) is 0 Å². The topological polar surface area (TPSA) is 89.3 Å². The van der Waals surface area contributed by atoms with Crippen molar-refractivity contribution in [2.75, 3.05) is 5.32 Å². The van der Waals surface area contributed by atoms with E-state index in [1.54, 1.807) is 48.5 Å². The van der Waals surface area contributed by atoms with Crippen LogP contribution in [0, 0.1) is 16.0 Å². The first-order valence-electron chi connectivity index (χ1n) is 7.20. The number of carbonyl (C=O) groups excluding carboxylic acids is 2. The van der Waals surface area contributed by atoms with E-state index in [0.717, 1.165) is 0 Å². The molecule has 116 valence electrons. The Balaban J connectivity index is 1.72. The van der Waals surface area contributed by atoms with Crippen LogP contribution in [0.1, 0.15) is 22.3 Å². The SMILES string of the molecule is O=C(c1ccccc1)c1cccc(NC(=O)[C@@H]2C[C@@H]2[N+](=O)[O-])c1. The minimum atomic E-state index is -0.788. The van der Waals surface area contributed by atoms with Gasteiger partial charge in [0.2, 0.25) is 11.9 Å². The second-order valence-electron chi connectivity index (χ2n) is 5.46. The highest BCUT2D eigenvalue weighted by molar-refractivity contribution is 6.09. The van der Waals surface area contributed by atoms with Crippen LogP contribution in [-0.4, -0.2) is 22.7 Å². The minimum Gasteiger partial charge on any atom is -0.326 e. The highest BCUT2D eigenvalue weighted by atomic mass is 16.6. The van der Waals surface area contributed by atoms with E-state index in [1.807, 2.05) is 6.07 Å². The van der Waals surface area contributed by atoms with E-state index in [2.05, 4.69) is 5.32 Å². The summed E-state index contributed by atoms with van der Waals surface area (Å²) in [6.07, 6.45) is 0.265. The molecule has 1 amide bonds. The Bertz CT molecular complexity index is 773. The number of benzene rings is 2. The molecule has 2 atom stereocenters. The smallest absolute Gasteiger partial charge is 0.234 e. The van der Waals surface area contributed by atoms with E-state index in [9.17, 15) is 19.7 Å². The summed E-state index contributed by atoms with van der Waals surface area (Å²) in [5.74, 6) is -1.11. The molecule has 6 nitrogen and oxygen atoms in total. The van der Waals surface area contributed by atoms with Gasteiger partial charge >= 0.3 is 0 Å². The van der Waals surface area contributed by atoms with Crippen LogP contribution in [0.4, 0.5) is 5.69 Å². The van der Waals surface area contributed by atoms with Crippen LogP contribution in [0.2, 0.25) is 0 Å². The molecule has 0 unspecified atom stereocenters. The Hall–Kier alpha value is -3.02. The zero-order valence-electron chi connectivity index (χ0n) is 12.1. The molecule has 2 aromatic carbocycles. The van der Waals surface area contributed by atoms with Gasteiger partial charge in [0.15, 0.2) is 5.78 Å². The van der Waals surface area contributed by atoms with E-state index in [1.165, 1.54) is 0 Å². The molecule has 0 bridgehead atoms. The maximum Gasteiger partial charge on any atom is 0.234 e. The van der Waals surface area contributed by atoms with Gasteiger partial charge < -0.3 is 5.32 Å². The molecule has 1 aliphatic rings. The van der Waals surface area contributed by atoms with Gasteiger partial charge in [0.25, 0.3) is 0 Å². The quantitative estimate of drug-likeness (QED) is 0.522. The molecule has 0 spiro atoms. The second kappa shape index (κ2) is 6.00. The molecule has 0 saturated heterocycles. The van der Waals surface area contributed by atoms with E-state index in [4.69, 9.17) is 0 Å². The summed E-state index contributed by atoms with van der Waals surface area (Å²) >= 11 is 0. The third-order valence-electron chi connectivity index (χ3n) is 3.79. The van der Waals surface area contributed by atoms with Crippen LogP contribution in [0.5, 0.6) is 0 Å². The third-order valence-corrected chi connectivity index (χ3v) is 3.79. The first kappa shape index (κ1) is 14.9. The molecule has 0 radical (unpaired) electrons. The van der Waals surface area contributed by atoms with Crippen molar-refractivity contribution in [3.63, 3.8) is 0 Å². The lowest BCUT2D eigenvalue weighted by molar-refractivity contribution is -0.497. The zero-order chi connectivity index (χ0) is 16.4. The van der Waals surface area contributed by atoms with Crippen LogP contribution in [0.15, 0.2) is 54.6 Å². The standard InChI is InChI=1S/C17H14N2O4/c20-16(11-5-2-1-3-6-11)12-7-4-8-13(9-12)18-17(21)14-10-15(14)19(22)23/h1-9,14-15H,10H2,(H,18,21)/t14-,15+/m1/s1. The molecule has 2 aromatic rings. The Morgan fingerprint density at radius 2 is 1.74 bits per heavy atom. The van der Waals surface area contributed by atoms with Gasteiger partial charge in [-0.3, -0.25) is 19.7 Å². The summed E-state index contributed by atoms with van der Waals surface area (Å²) in [5.41, 5.74) is 1.48. The van der Waals surface area contributed by atoms with Crippen molar-refractivity contribution < 1.29 is 14.5 Å². The van der Waals surface area contributed by atoms with Crippen molar-refractivity contribution in [1.29, 1.82) is 0 Å². The number of amides is 1. The van der Waals surface area contributed by atoms with Gasteiger partial charge in [-0.05, 0) is 12.1 Å². The first-order chi connectivity index (χ1) is 11.1. The number of nitro groups is 1. The van der Waals surface area contributed by atoms with Crippen molar-refractivity contribution in [1.82, 2.24) is 0 Å². The predicted molar refractivity (Wildman–Crippen MR) is 83.8 cm³/mol. The predicted octanol–water partition coefficient (Wildman–Crippen LogP) is 2.52. The molecule has 0 aromatic heterocycles. The average molecular weight is 310 g/mol. The van der Waals surface area contributed by atoms with E-state index < -0.39 is 16.9 Å². The molecule has 6 heteroatoms. The van der Waals surface area contributed by atoms with Crippen LogP contribution < -0.4 is 5.32 Å². The lowest BCUT2D eigenvalue weighted by Crippen LogP contribution is -2.18. The molecule has 1 saturated carbocycles. The fraction of sp³-hybridized carbons (Fsp3) is 0.176. The molecule has 0 aliphatic heterocycles. The van der Waals surface area contributed by atoms with Crippen molar-refractivity contribution in [3.8, 4) is 0 Å². The van der Waals surface area contributed by atoms with Gasteiger partial charge in [-0.15, -0.1) is 0 Å². The van der Waals surface area contributed by atoms with Gasteiger partial charge in [0, 0.05) is 28.2 Å². The number of nitrogens with zero attached hydrogens (tertiary/aromatic N) is 1. The summed E-state index contributed by atoms with van der Waals surface area (Å²) < 4.78 is 0. The summed E-state index contributed by atoms with van der Waals surface area (Å²) in [7, 11) is 0.